The summed E-state index contributed by atoms with van der Waals surface area (Å²) in [5.41, 5.74) is -0.149. The minimum absolute atomic E-state index is 0.270. The molecule has 4 rings (SSSR count). The minimum Gasteiger partial charge on any atom is -0.480 e. The first-order chi connectivity index (χ1) is 14.6. The molecular weight excluding hydrogens is 468 g/mol. The zero-order valence-electron chi connectivity index (χ0n) is 16.1. The smallest absolute Gasteiger partial charge is 0.326 e. The number of likely N-dealkylation sites (tertiary alicyclic amines) is 1. The number of carbonyl (C=O) groups excluding carboxylic acids is 1. The van der Waals surface area contributed by atoms with E-state index in [1.54, 1.807) is 24.3 Å². The van der Waals surface area contributed by atoms with Gasteiger partial charge in [-0.3, -0.25) is 4.79 Å². The van der Waals surface area contributed by atoms with Crippen LogP contribution in [-0.2, 0) is 24.8 Å². The summed E-state index contributed by atoms with van der Waals surface area (Å²) >= 11 is 11.9. The first-order valence-electron chi connectivity index (χ1n) is 9.55. The highest BCUT2D eigenvalue weighted by Crippen LogP contribution is 2.51. The monoisotopic (exact) mass is 485 g/mol. The van der Waals surface area contributed by atoms with Crippen LogP contribution in [0.1, 0.15) is 24.8 Å². The van der Waals surface area contributed by atoms with Crippen LogP contribution in [0.4, 0.5) is 4.39 Å². The topological polar surface area (TPSA) is 91.8 Å². The molecule has 2 aliphatic rings. The number of nitrogens with zero attached hydrogens (tertiary/aromatic N) is 1. The van der Waals surface area contributed by atoms with Gasteiger partial charge in [-0.1, -0.05) is 35.3 Å². The molecule has 31 heavy (non-hydrogen) atoms. The van der Waals surface area contributed by atoms with Gasteiger partial charge < -0.3 is 10.0 Å². The standard InChI is InChI=1S/C21H18Cl2FNO5S/c22-13-3-1-12(2-4-13)21(7-8-21)20(28)25-11-15(10-17(25)19(26)27)31(29,30)18-6-5-14(24)9-16(18)23/h1-6,9,15,17H,7-8,10-11H2,(H,26,27). The number of carbonyl (C=O) groups is 2. The third-order valence-corrected chi connectivity index (χ3v) is 8.87. The highest BCUT2D eigenvalue weighted by molar-refractivity contribution is 7.92. The van der Waals surface area contributed by atoms with Crippen LogP contribution in [0, 0.1) is 5.82 Å². The molecule has 1 amide bonds. The molecule has 1 aliphatic heterocycles. The Morgan fingerprint density at radius 3 is 2.29 bits per heavy atom. The van der Waals surface area contributed by atoms with Gasteiger partial charge in [-0.25, -0.2) is 17.6 Å². The van der Waals surface area contributed by atoms with Gasteiger partial charge in [0.25, 0.3) is 0 Å². The third-order valence-electron chi connectivity index (χ3n) is 6.00. The van der Waals surface area contributed by atoms with Crippen molar-refractivity contribution in [1.29, 1.82) is 0 Å². The first kappa shape index (κ1) is 22.0. The molecule has 2 unspecified atom stereocenters. The van der Waals surface area contributed by atoms with Crippen molar-refractivity contribution in [3.63, 3.8) is 0 Å². The van der Waals surface area contributed by atoms with Gasteiger partial charge in [0.15, 0.2) is 9.84 Å². The van der Waals surface area contributed by atoms with E-state index in [2.05, 4.69) is 0 Å². The molecule has 1 N–H and O–H groups in total. The van der Waals surface area contributed by atoms with Crippen LogP contribution in [0.15, 0.2) is 47.4 Å². The van der Waals surface area contributed by atoms with Crippen molar-refractivity contribution < 1.29 is 27.5 Å². The number of rotatable bonds is 5. The summed E-state index contributed by atoms with van der Waals surface area (Å²) in [6.45, 7) is -0.277. The molecule has 1 saturated heterocycles. The quantitative estimate of drug-likeness (QED) is 0.651. The Labute approximate surface area is 188 Å². The number of halogens is 3. The lowest BCUT2D eigenvalue weighted by Gasteiger charge is -2.27. The van der Waals surface area contributed by atoms with Crippen LogP contribution in [0.25, 0.3) is 0 Å². The highest BCUT2D eigenvalue weighted by atomic mass is 35.5. The van der Waals surface area contributed by atoms with Crippen molar-refractivity contribution in [2.75, 3.05) is 6.54 Å². The van der Waals surface area contributed by atoms with Gasteiger partial charge in [-0.2, -0.15) is 0 Å². The van der Waals surface area contributed by atoms with E-state index >= 15 is 0 Å². The Hall–Kier alpha value is -2.16. The number of carboxylic acid groups (broad SMARTS) is 1. The number of hydrogen-bond acceptors (Lipinski definition) is 4. The van der Waals surface area contributed by atoms with Crippen LogP contribution < -0.4 is 0 Å². The van der Waals surface area contributed by atoms with Gasteiger partial charge in [0.2, 0.25) is 5.91 Å². The molecule has 0 bridgehead atoms. The Morgan fingerprint density at radius 1 is 1.10 bits per heavy atom. The minimum atomic E-state index is -4.09. The summed E-state index contributed by atoms with van der Waals surface area (Å²) < 4.78 is 39.6. The summed E-state index contributed by atoms with van der Waals surface area (Å²) in [6.07, 6.45) is 0.808. The van der Waals surface area contributed by atoms with Crippen molar-refractivity contribution in [1.82, 2.24) is 4.90 Å². The van der Waals surface area contributed by atoms with Crippen molar-refractivity contribution in [2.45, 2.75) is 40.9 Å². The van der Waals surface area contributed by atoms with E-state index in [0.29, 0.717) is 17.9 Å². The van der Waals surface area contributed by atoms with E-state index in [1.165, 1.54) is 0 Å². The van der Waals surface area contributed by atoms with E-state index < -0.39 is 44.2 Å². The molecular formula is C21H18Cl2FNO5S. The van der Waals surface area contributed by atoms with Gasteiger partial charge in [0.05, 0.1) is 20.6 Å². The maximum Gasteiger partial charge on any atom is 0.326 e. The molecule has 6 nitrogen and oxygen atoms in total. The maximum absolute atomic E-state index is 13.4. The molecule has 2 fully saturated rings. The second-order valence-corrected chi connectivity index (χ2v) is 10.9. The number of carboxylic acids is 1. The molecule has 1 heterocycles. The third kappa shape index (κ3) is 3.81. The fourth-order valence-corrected chi connectivity index (χ4v) is 6.52. The largest absolute Gasteiger partial charge is 0.480 e. The van der Waals surface area contributed by atoms with Gasteiger partial charge >= 0.3 is 5.97 Å². The van der Waals surface area contributed by atoms with Crippen molar-refractivity contribution >= 4 is 44.9 Å². The fourth-order valence-electron chi connectivity index (χ4n) is 4.16. The van der Waals surface area contributed by atoms with Crippen molar-refractivity contribution in [3.05, 3.63) is 63.9 Å². The first-order valence-corrected chi connectivity index (χ1v) is 11.9. The van der Waals surface area contributed by atoms with Crippen LogP contribution in [0.2, 0.25) is 10.0 Å². The molecule has 1 aliphatic carbocycles. The lowest BCUT2D eigenvalue weighted by atomic mass is 9.94. The van der Waals surface area contributed by atoms with E-state index in [9.17, 15) is 27.5 Å². The van der Waals surface area contributed by atoms with Crippen molar-refractivity contribution in [2.24, 2.45) is 0 Å². The summed E-state index contributed by atoms with van der Waals surface area (Å²) in [7, 11) is -4.09. The summed E-state index contributed by atoms with van der Waals surface area (Å²) in [5, 5.41) is 8.76. The Kier molecular flexibility index (Phi) is 5.52. The average molecular weight is 486 g/mol. The maximum atomic E-state index is 13.4. The number of hydrogen-bond donors (Lipinski definition) is 1. The zero-order chi connectivity index (χ0) is 22.6. The van der Waals surface area contributed by atoms with Gasteiger partial charge in [-0.05, 0) is 55.2 Å². The zero-order valence-corrected chi connectivity index (χ0v) is 18.4. The lowest BCUT2D eigenvalue weighted by Crippen LogP contribution is -2.46. The normalized spacial score (nSPS) is 22.4. The van der Waals surface area contributed by atoms with Gasteiger partial charge in [-0.15, -0.1) is 0 Å². The number of amides is 1. The predicted octanol–water partition coefficient (Wildman–Crippen LogP) is 3.69. The predicted molar refractivity (Wildman–Crippen MR) is 113 cm³/mol. The molecule has 0 aromatic heterocycles. The molecule has 2 aromatic carbocycles. The fraction of sp³-hybridized carbons (Fsp3) is 0.333. The van der Waals surface area contributed by atoms with Crippen LogP contribution in [0.5, 0.6) is 0 Å². The molecule has 2 aromatic rings. The molecule has 10 heteroatoms. The molecule has 0 spiro atoms. The van der Waals surface area contributed by atoms with Crippen LogP contribution in [0.3, 0.4) is 0 Å². The van der Waals surface area contributed by atoms with Gasteiger partial charge in [0, 0.05) is 11.6 Å². The number of aliphatic carboxylic acids is 1. The van der Waals surface area contributed by atoms with Gasteiger partial charge in [0.1, 0.15) is 11.9 Å². The Balaban J connectivity index is 1.65. The number of sulfone groups is 1. The van der Waals surface area contributed by atoms with E-state index in [0.717, 1.165) is 28.7 Å². The summed E-state index contributed by atoms with van der Waals surface area (Å²) in [5.74, 6) is -2.37. The molecule has 164 valence electrons. The van der Waals surface area contributed by atoms with Crippen LogP contribution >= 0.6 is 23.2 Å². The Morgan fingerprint density at radius 2 is 1.74 bits per heavy atom. The van der Waals surface area contributed by atoms with E-state index in [-0.39, 0.29) is 22.9 Å². The average Bonchev–Trinajstić information content (AvgIpc) is 3.37. The number of benzene rings is 2. The van der Waals surface area contributed by atoms with Crippen molar-refractivity contribution in [3.8, 4) is 0 Å². The highest BCUT2D eigenvalue weighted by Gasteiger charge is 2.57. The van der Waals surface area contributed by atoms with E-state index in [1.807, 2.05) is 0 Å². The molecule has 0 radical (unpaired) electrons. The second-order valence-electron chi connectivity index (χ2n) is 7.88. The summed E-state index contributed by atoms with van der Waals surface area (Å²) in [6, 6.07) is 8.42. The molecule has 1 saturated carbocycles. The van der Waals surface area contributed by atoms with E-state index in [4.69, 9.17) is 23.2 Å². The molecule has 2 atom stereocenters. The van der Waals surface area contributed by atoms with Crippen LogP contribution in [-0.4, -0.2) is 48.1 Å². The summed E-state index contributed by atoms with van der Waals surface area (Å²) in [4.78, 5) is 26.2. The Bertz CT molecular complexity index is 1160. The lowest BCUT2D eigenvalue weighted by molar-refractivity contribution is -0.149. The SMILES string of the molecule is O=C(O)C1CC(S(=O)(=O)c2ccc(F)cc2Cl)CN1C(=O)C1(c2ccc(Cl)cc2)CC1. The second kappa shape index (κ2) is 7.76.